The number of carbonyl (C=O) groups excluding carboxylic acids is 1. The molecule has 0 aromatic heterocycles. The molecule has 0 atom stereocenters. The zero-order chi connectivity index (χ0) is 12.5. The van der Waals surface area contributed by atoms with Crippen LogP contribution in [0.5, 0.6) is 0 Å². The maximum Gasteiger partial charge on any atom is 0.129 e. The lowest BCUT2D eigenvalue weighted by Gasteiger charge is -1.84. The maximum atomic E-state index is 9.81. The van der Waals surface area contributed by atoms with E-state index >= 15 is 0 Å². The molecule has 0 aliphatic rings. The quantitative estimate of drug-likeness (QED) is 0.699. The molecule has 0 radical (unpaired) electrons. The Bertz CT molecular complexity index is 96.0. The number of ether oxygens (including phenoxy) is 2. The summed E-state index contributed by atoms with van der Waals surface area (Å²) < 4.78 is 8.88. The Balaban J connectivity index is -0.000000144. The third-order valence-electron chi connectivity index (χ3n) is 1.09. The summed E-state index contributed by atoms with van der Waals surface area (Å²) in [4.78, 5) is 9.81. The number of Topliss-reactive ketones (excluding diaryl/α,β-unsaturated/α-hetero) is 1. The molecule has 0 fully saturated rings. The molecule has 5 nitrogen and oxygen atoms in total. The van der Waals surface area contributed by atoms with Crippen LogP contribution in [0.15, 0.2) is 0 Å². The van der Waals surface area contributed by atoms with Gasteiger partial charge in [0, 0.05) is 20.6 Å². The minimum Gasteiger partial charge on any atom is -0.394 e. The number of rotatable bonds is 5. The first-order valence-electron chi connectivity index (χ1n) is 4.79. The van der Waals surface area contributed by atoms with Gasteiger partial charge in [-0.15, -0.1) is 0 Å². The second kappa shape index (κ2) is 23.4. The van der Waals surface area contributed by atoms with E-state index < -0.39 is 0 Å². The molecule has 94 valence electrons. The average molecular weight is 224 g/mol. The van der Waals surface area contributed by atoms with Gasteiger partial charge in [0.15, 0.2) is 0 Å². The summed E-state index contributed by atoms with van der Waals surface area (Å²) >= 11 is 0. The van der Waals surface area contributed by atoms with Crippen molar-refractivity contribution in [2.75, 3.05) is 40.6 Å². The molecule has 0 heterocycles. The van der Waals surface area contributed by atoms with Gasteiger partial charge in [-0.25, -0.2) is 0 Å². The van der Waals surface area contributed by atoms with Crippen LogP contribution in [0.2, 0.25) is 0 Å². The van der Waals surface area contributed by atoms with Crippen molar-refractivity contribution in [3.8, 4) is 0 Å². The molecule has 0 aliphatic heterocycles. The second-order valence-corrected chi connectivity index (χ2v) is 2.49. The van der Waals surface area contributed by atoms with Crippen LogP contribution in [0, 0.1) is 0 Å². The summed E-state index contributed by atoms with van der Waals surface area (Å²) in [5, 5.41) is 15.9. The standard InChI is InChI=1S/C4H8O.2C3H8O2/c1-3-4(2)5;2*1-5-3-2-4/h3H2,1-2H3;2*4H,2-3H2,1H3. The van der Waals surface area contributed by atoms with E-state index in [1.165, 1.54) is 0 Å². The van der Waals surface area contributed by atoms with Crippen molar-refractivity contribution >= 4 is 5.78 Å². The summed E-state index contributed by atoms with van der Waals surface area (Å²) in [6.45, 7) is 4.56. The average Bonchev–Trinajstić information content (AvgIpc) is 2.22. The summed E-state index contributed by atoms with van der Waals surface area (Å²) in [7, 11) is 3.10. The van der Waals surface area contributed by atoms with Gasteiger partial charge < -0.3 is 24.5 Å². The molecule has 2 N–H and O–H groups in total. The second-order valence-electron chi connectivity index (χ2n) is 2.49. The number of ketones is 1. The molecule has 0 aromatic rings. The first-order valence-corrected chi connectivity index (χ1v) is 4.79. The topological polar surface area (TPSA) is 76.0 Å². The van der Waals surface area contributed by atoms with Crippen molar-refractivity contribution in [3.63, 3.8) is 0 Å². The van der Waals surface area contributed by atoms with Crippen LogP contribution in [0.1, 0.15) is 20.3 Å². The Morgan fingerprint density at radius 2 is 1.33 bits per heavy atom. The Morgan fingerprint density at radius 1 is 1.07 bits per heavy atom. The molecule has 5 heteroatoms. The van der Waals surface area contributed by atoms with Crippen LogP contribution >= 0.6 is 0 Å². The predicted octanol–water partition coefficient (Wildman–Crippen LogP) is 0.236. The van der Waals surface area contributed by atoms with Crippen LogP contribution in [0.25, 0.3) is 0 Å². The first-order chi connectivity index (χ1) is 7.10. The summed E-state index contributed by atoms with van der Waals surface area (Å²) in [5.74, 6) is 0.255. The predicted molar refractivity (Wildman–Crippen MR) is 58.9 cm³/mol. The van der Waals surface area contributed by atoms with E-state index in [0.717, 1.165) is 0 Å². The van der Waals surface area contributed by atoms with Gasteiger partial charge in [-0.05, 0) is 6.92 Å². The smallest absolute Gasteiger partial charge is 0.129 e. The van der Waals surface area contributed by atoms with Gasteiger partial charge in [-0.3, -0.25) is 0 Å². The molecule has 0 amide bonds. The molecule has 0 aliphatic carbocycles. The van der Waals surface area contributed by atoms with Gasteiger partial charge in [0.2, 0.25) is 0 Å². The highest BCUT2D eigenvalue weighted by molar-refractivity contribution is 5.74. The fourth-order valence-electron chi connectivity index (χ4n) is 0.183. The lowest BCUT2D eigenvalue weighted by atomic mass is 10.4. The van der Waals surface area contributed by atoms with E-state index in [4.69, 9.17) is 10.2 Å². The van der Waals surface area contributed by atoms with E-state index in [1.807, 2.05) is 6.92 Å². The number of hydrogen-bond acceptors (Lipinski definition) is 5. The molecule has 15 heavy (non-hydrogen) atoms. The minimum absolute atomic E-state index is 0.122. The van der Waals surface area contributed by atoms with Crippen molar-refractivity contribution in [1.82, 2.24) is 0 Å². The fourth-order valence-corrected chi connectivity index (χ4v) is 0.183. The lowest BCUT2D eigenvalue weighted by Crippen LogP contribution is -1.91. The Morgan fingerprint density at radius 3 is 1.33 bits per heavy atom. The van der Waals surface area contributed by atoms with E-state index in [-0.39, 0.29) is 19.0 Å². The van der Waals surface area contributed by atoms with Gasteiger partial charge in [0.25, 0.3) is 0 Å². The highest BCUT2D eigenvalue weighted by atomic mass is 16.5. The number of methoxy groups -OCH3 is 2. The van der Waals surface area contributed by atoms with Gasteiger partial charge in [0.1, 0.15) is 5.78 Å². The van der Waals surface area contributed by atoms with E-state index in [2.05, 4.69) is 9.47 Å². The molecule has 0 saturated heterocycles. The summed E-state index contributed by atoms with van der Waals surface area (Å²) in [5.41, 5.74) is 0. The van der Waals surface area contributed by atoms with Crippen LogP contribution < -0.4 is 0 Å². The van der Waals surface area contributed by atoms with Crippen LogP contribution in [0.3, 0.4) is 0 Å². The highest BCUT2D eigenvalue weighted by Gasteiger charge is 1.76. The van der Waals surface area contributed by atoms with Gasteiger partial charge in [-0.2, -0.15) is 0 Å². The Kier molecular flexibility index (Phi) is 31.2. The number of carbonyl (C=O) groups is 1. The van der Waals surface area contributed by atoms with Crippen molar-refractivity contribution in [1.29, 1.82) is 0 Å². The first kappa shape index (κ1) is 20.0. The maximum absolute atomic E-state index is 9.81. The van der Waals surface area contributed by atoms with Crippen molar-refractivity contribution in [2.45, 2.75) is 20.3 Å². The lowest BCUT2D eigenvalue weighted by molar-refractivity contribution is -0.116. The zero-order valence-corrected chi connectivity index (χ0v) is 10.2. The van der Waals surface area contributed by atoms with E-state index in [1.54, 1.807) is 21.1 Å². The third-order valence-corrected chi connectivity index (χ3v) is 1.09. The summed E-state index contributed by atoms with van der Waals surface area (Å²) in [6.07, 6.45) is 0.667. The van der Waals surface area contributed by atoms with Crippen LogP contribution in [-0.4, -0.2) is 56.6 Å². The SMILES string of the molecule is CCC(C)=O.COCCO.COCCO. The van der Waals surface area contributed by atoms with Gasteiger partial charge >= 0.3 is 0 Å². The van der Waals surface area contributed by atoms with Crippen LogP contribution in [0.4, 0.5) is 0 Å². The van der Waals surface area contributed by atoms with E-state index in [9.17, 15) is 4.79 Å². The van der Waals surface area contributed by atoms with Crippen molar-refractivity contribution in [2.24, 2.45) is 0 Å². The number of aliphatic hydroxyl groups excluding tert-OH is 2. The molecular weight excluding hydrogens is 200 g/mol. The third kappa shape index (κ3) is 59.0. The molecule has 0 rings (SSSR count). The molecule has 0 bridgehead atoms. The molecule has 0 saturated carbocycles. The normalized spacial score (nSPS) is 8.13. The van der Waals surface area contributed by atoms with E-state index in [0.29, 0.717) is 19.6 Å². The molecular formula is C10H24O5. The zero-order valence-electron chi connectivity index (χ0n) is 10.2. The molecule has 0 spiro atoms. The highest BCUT2D eigenvalue weighted by Crippen LogP contribution is 1.71. The monoisotopic (exact) mass is 224 g/mol. The Labute approximate surface area is 92.0 Å². The molecule has 0 aromatic carbocycles. The number of aliphatic hydroxyl groups is 2. The Hall–Kier alpha value is -0.490. The van der Waals surface area contributed by atoms with Crippen molar-refractivity contribution < 1.29 is 24.5 Å². The largest absolute Gasteiger partial charge is 0.394 e. The van der Waals surface area contributed by atoms with Gasteiger partial charge in [0.05, 0.1) is 26.4 Å². The minimum atomic E-state index is 0.122. The van der Waals surface area contributed by atoms with Crippen LogP contribution in [-0.2, 0) is 14.3 Å². The van der Waals surface area contributed by atoms with Crippen molar-refractivity contribution in [3.05, 3.63) is 0 Å². The van der Waals surface area contributed by atoms with Gasteiger partial charge in [-0.1, -0.05) is 6.92 Å². The fraction of sp³-hybridized carbons (Fsp3) is 0.900. The number of hydrogen-bond donors (Lipinski definition) is 2. The summed E-state index contributed by atoms with van der Waals surface area (Å²) in [6, 6.07) is 0. The molecule has 0 unspecified atom stereocenters.